The van der Waals surface area contributed by atoms with Crippen molar-refractivity contribution in [1.29, 1.82) is 0 Å². The highest BCUT2D eigenvalue weighted by atomic mass is 32.1. The van der Waals surface area contributed by atoms with Gasteiger partial charge in [-0.2, -0.15) is 0 Å². The van der Waals surface area contributed by atoms with Gasteiger partial charge in [0.05, 0.1) is 10.7 Å². The van der Waals surface area contributed by atoms with Crippen LogP contribution < -0.4 is 5.32 Å². The van der Waals surface area contributed by atoms with Gasteiger partial charge in [-0.25, -0.2) is 4.98 Å². The van der Waals surface area contributed by atoms with E-state index in [4.69, 9.17) is 4.98 Å². The average Bonchev–Trinajstić information content (AvgIpc) is 2.66. The number of thiazole rings is 1. The molecule has 0 saturated heterocycles. The first-order valence-electron chi connectivity index (χ1n) is 7.42. The summed E-state index contributed by atoms with van der Waals surface area (Å²) in [6.07, 6.45) is 2.35. The highest BCUT2D eigenvalue weighted by Crippen LogP contribution is 2.30. The van der Waals surface area contributed by atoms with Crippen molar-refractivity contribution in [3.63, 3.8) is 0 Å². The lowest BCUT2D eigenvalue weighted by Crippen LogP contribution is -2.23. The molecule has 0 aliphatic carbocycles. The molecule has 19 heavy (non-hydrogen) atoms. The minimum atomic E-state index is 0.139. The SMILES string of the molecule is CC(C)CCc1nc(C(C)(C)C)c(CNC(C)C)s1. The summed E-state index contributed by atoms with van der Waals surface area (Å²) in [7, 11) is 0. The van der Waals surface area contributed by atoms with E-state index >= 15 is 0 Å². The van der Waals surface area contributed by atoms with Crippen LogP contribution in [0.15, 0.2) is 0 Å². The summed E-state index contributed by atoms with van der Waals surface area (Å²) in [5.41, 5.74) is 1.42. The number of aryl methyl sites for hydroxylation is 1. The zero-order valence-electron chi connectivity index (χ0n) is 13.6. The fraction of sp³-hybridized carbons (Fsp3) is 0.812. The first kappa shape index (κ1) is 16.6. The third kappa shape index (κ3) is 5.62. The van der Waals surface area contributed by atoms with Gasteiger partial charge in [0.15, 0.2) is 0 Å². The van der Waals surface area contributed by atoms with Gasteiger partial charge in [-0.05, 0) is 18.8 Å². The van der Waals surface area contributed by atoms with Crippen LogP contribution in [0.3, 0.4) is 0 Å². The van der Waals surface area contributed by atoms with E-state index in [-0.39, 0.29) is 5.41 Å². The van der Waals surface area contributed by atoms with Gasteiger partial charge in [0, 0.05) is 22.9 Å². The van der Waals surface area contributed by atoms with Crippen LogP contribution in [0.1, 0.15) is 70.5 Å². The lowest BCUT2D eigenvalue weighted by molar-refractivity contribution is 0.541. The molecule has 110 valence electrons. The summed E-state index contributed by atoms with van der Waals surface area (Å²) in [5, 5.41) is 4.83. The molecule has 0 amide bonds. The van der Waals surface area contributed by atoms with E-state index in [2.05, 4.69) is 53.8 Å². The molecule has 0 aromatic carbocycles. The summed E-state index contributed by atoms with van der Waals surface area (Å²) < 4.78 is 0. The second kappa shape index (κ2) is 6.85. The van der Waals surface area contributed by atoms with Crippen LogP contribution in [0.4, 0.5) is 0 Å². The zero-order valence-corrected chi connectivity index (χ0v) is 14.4. The van der Waals surface area contributed by atoms with Crippen molar-refractivity contribution in [3.8, 4) is 0 Å². The van der Waals surface area contributed by atoms with Gasteiger partial charge in [-0.3, -0.25) is 0 Å². The molecule has 0 radical (unpaired) electrons. The van der Waals surface area contributed by atoms with Crippen molar-refractivity contribution >= 4 is 11.3 Å². The van der Waals surface area contributed by atoms with Crippen molar-refractivity contribution in [1.82, 2.24) is 10.3 Å². The second-order valence-electron chi connectivity index (χ2n) is 7.10. The Balaban J connectivity index is 2.86. The smallest absolute Gasteiger partial charge is 0.0931 e. The number of nitrogens with one attached hydrogen (secondary N) is 1. The first-order chi connectivity index (χ1) is 8.70. The van der Waals surface area contributed by atoms with Gasteiger partial charge in [0.1, 0.15) is 0 Å². The van der Waals surface area contributed by atoms with E-state index < -0.39 is 0 Å². The molecular formula is C16H30N2S. The van der Waals surface area contributed by atoms with Crippen LogP contribution >= 0.6 is 11.3 Å². The van der Waals surface area contributed by atoms with Crippen LogP contribution in [0, 0.1) is 5.92 Å². The van der Waals surface area contributed by atoms with Gasteiger partial charge in [0.2, 0.25) is 0 Å². The van der Waals surface area contributed by atoms with E-state index in [0.29, 0.717) is 6.04 Å². The van der Waals surface area contributed by atoms with Crippen molar-refractivity contribution in [3.05, 3.63) is 15.6 Å². The summed E-state index contributed by atoms with van der Waals surface area (Å²) in [6, 6.07) is 0.522. The predicted molar refractivity (Wildman–Crippen MR) is 85.9 cm³/mol. The van der Waals surface area contributed by atoms with Crippen LogP contribution in [0.5, 0.6) is 0 Å². The molecule has 1 rings (SSSR count). The number of hydrogen-bond donors (Lipinski definition) is 1. The maximum atomic E-state index is 4.91. The van der Waals surface area contributed by atoms with E-state index in [1.54, 1.807) is 0 Å². The lowest BCUT2D eigenvalue weighted by atomic mass is 9.91. The molecule has 1 N–H and O–H groups in total. The first-order valence-corrected chi connectivity index (χ1v) is 8.24. The van der Waals surface area contributed by atoms with Gasteiger partial charge in [-0.1, -0.05) is 48.5 Å². The molecule has 0 unspecified atom stereocenters. The largest absolute Gasteiger partial charge is 0.310 e. The van der Waals surface area contributed by atoms with Crippen LogP contribution in [-0.2, 0) is 18.4 Å². The van der Waals surface area contributed by atoms with E-state index in [1.807, 2.05) is 11.3 Å². The van der Waals surface area contributed by atoms with E-state index in [9.17, 15) is 0 Å². The third-order valence-corrected chi connectivity index (χ3v) is 4.17. The van der Waals surface area contributed by atoms with Crippen molar-refractivity contribution < 1.29 is 0 Å². The Hall–Kier alpha value is -0.410. The molecule has 2 nitrogen and oxygen atoms in total. The lowest BCUT2D eigenvalue weighted by Gasteiger charge is -2.18. The van der Waals surface area contributed by atoms with Crippen LogP contribution in [-0.4, -0.2) is 11.0 Å². The Bertz CT molecular complexity index is 386. The number of nitrogens with zero attached hydrogens (tertiary/aromatic N) is 1. The van der Waals surface area contributed by atoms with Crippen molar-refractivity contribution in [2.45, 2.75) is 79.3 Å². The fourth-order valence-corrected chi connectivity index (χ4v) is 3.17. The van der Waals surface area contributed by atoms with Crippen LogP contribution in [0.25, 0.3) is 0 Å². The molecule has 1 aromatic rings. The molecule has 1 heterocycles. The number of rotatable bonds is 6. The maximum absolute atomic E-state index is 4.91. The molecule has 0 aliphatic rings. The monoisotopic (exact) mass is 282 g/mol. The summed E-state index contributed by atoms with van der Waals surface area (Å²) >= 11 is 1.90. The average molecular weight is 282 g/mol. The Morgan fingerprint density at radius 1 is 1.16 bits per heavy atom. The summed E-state index contributed by atoms with van der Waals surface area (Å²) in [6.45, 7) is 16.7. The van der Waals surface area contributed by atoms with Crippen molar-refractivity contribution in [2.75, 3.05) is 0 Å². The third-order valence-electron chi connectivity index (χ3n) is 3.06. The van der Waals surface area contributed by atoms with Gasteiger partial charge in [0.25, 0.3) is 0 Å². The number of aromatic nitrogens is 1. The minimum Gasteiger partial charge on any atom is -0.310 e. The highest BCUT2D eigenvalue weighted by Gasteiger charge is 2.23. The summed E-state index contributed by atoms with van der Waals surface area (Å²) in [5.74, 6) is 0.749. The topological polar surface area (TPSA) is 24.9 Å². The Morgan fingerprint density at radius 2 is 1.79 bits per heavy atom. The maximum Gasteiger partial charge on any atom is 0.0931 e. The number of hydrogen-bond acceptors (Lipinski definition) is 3. The van der Waals surface area contributed by atoms with E-state index in [1.165, 1.54) is 22.0 Å². The van der Waals surface area contributed by atoms with Crippen molar-refractivity contribution in [2.24, 2.45) is 5.92 Å². The predicted octanol–water partition coefficient (Wildman–Crippen LogP) is 4.53. The summed E-state index contributed by atoms with van der Waals surface area (Å²) in [4.78, 5) is 6.33. The standard InChI is InChI=1S/C16H30N2S/c1-11(2)8-9-14-18-15(16(5,6)7)13(19-14)10-17-12(3)4/h11-12,17H,8-10H2,1-7H3. The van der Waals surface area contributed by atoms with Crippen LogP contribution in [0.2, 0.25) is 0 Å². The van der Waals surface area contributed by atoms with Gasteiger partial charge < -0.3 is 5.32 Å². The molecule has 0 atom stereocenters. The molecular weight excluding hydrogens is 252 g/mol. The Labute approximate surface area is 123 Å². The molecule has 3 heteroatoms. The van der Waals surface area contributed by atoms with Gasteiger partial charge >= 0.3 is 0 Å². The van der Waals surface area contributed by atoms with E-state index in [0.717, 1.165) is 18.9 Å². The van der Waals surface area contributed by atoms with Gasteiger partial charge in [-0.15, -0.1) is 11.3 Å². The Kier molecular flexibility index (Phi) is 6.00. The Morgan fingerprint density at radius 3 is 2.26 bits per heavy atom. The minimum absolute atomic E-state index is 0.139. The molecule has 0 bridgehead atoms. The second-order valence-corrected chi connectivity index (χ2v) is 8.27. The molecule has 0 aliphatic heterocycles. The molecule has 0 spiro atoms. The molecule has 1 aromatic heterocycles. The fourth-order valence-electron chi connectivity index (χ4n) is 1.92. The quantitative estimate of drug-likeness (QED) is 0.829. The molecule has 0 saturated carbocycles. The zero-order chi connectivity index (χ0) is 14.6. The normalized spacial score (nSPS) is 12.7. The highest BCUT2D eigenvalue weighted by molar-refractivity contribution is 7.11. The molecule has 0 fully saturated rings.